The molecule has 1 heterocycles. The minimum absolute atomic E-state index is 0.0322. The normalized spacial score (nSPS) is 15.1. The van der Waals surface area contributed by atoms with Crippen molar-refractivity contribution in [1.82, 2.24) is 4.90 Å². The number of carbonyl (C=O) groups excluding carboxylic acids is 2. The second-order valence-electron chi connectivity index (χ2n) is 9.59. The van der Waals surface area contributed by atoms with E-state index in [9.17, 15) is 9.59 Å². The molecule has 32 heavy (non-hydrogen) atoms. The second-order valence-corrected chi connectivity index (χ2v) is 13.2. The van der Waals surface area contributed by atoms with Crippen molar-refractivity contribution in [3.8, 4) is 0 Å². The molecule has 2 aromatic rings. The SMILES string of the molecule is CC(C)(C)OC(=O)N1CCCC1=O.COS(c1ccccc1)(c1ccccc1)C(C)(C)C. The molecule has 0 aromatic heterocycles. The maximum absolute atomic E-state index is 11.4. The van der Waals surface area contributed by atoms with Crippen LogP contribution >= 0.6 is 10.3 Å². The van der Waals surface area contributed by atoms with Crippen molar-refractivity contribution in [2.45, 2.75) is 74.5 Å². The highest BCUT2D eigenvalue weighted by Crippen LogP contribution is 2.70. The number of nitrogens with zero attached hydrogens (tertiary/aromatic N) is 1. The van der Waals surface area contributed by atoms with Gasteiger partial charge in [0.05, 0.1) is 0 Å². The molecule has 0 atom stereocenters. The number of amides is 2. The van der Waals surface area contributed by atoms with Crippen LogP contribution in [-0.2, 0) is 13.7 Å². The highest BCUT2D eigenvalue weighted by Gasteiger charge is 2.40. The van der Waals surface area contributed by atoms with Crippen molar-refractivity contribution >= 4 is 22.3 Å². The van der Waals surface area contributed by atoms with Crippen LogP contribution in [0.15, 0.2) is 70.5 Å². The molecule has 6 heteroatoms. The van der Waals surface area contributed by atoms with Crippen molar-refractivity contribution in [1.29, 1.82) is 0 Å². The van der Waals surface area contributed by atoms with Crippen LogP contribution < -0.4 is 0 Å². The summed E-state index contributed by atoms with van der Waals surface area (Å²) in [6.45, 7) is 12.6. The lowest BCUT2D eigenvalue weighted by atomic mass is 10.2. The van der Waals surface area contributed by atoms with Crippen LogP contribution in [0.25, 0.3) is 0 Å². The van der Waals surface area contributed by atoms with Gasteiger partial charge in [-0.05, 0) is 72.2 Å². The molecule has 1 aliphatic rings. The van der Waals surface area contributed by atoms with Gasteiger partial charge in [0.15, 0.2) is 0 Å². The molecule has 1 aliphatic heterocycles. The zero-order valence-electron chi connectivity index (χ0n) is 20.4. The summed E-state index contributed by atoms with van der Waals surface area (Å²) in [6, 6.07) is 21.2. The van der Waals surface area contributed by atoms with Gasteiger partial charge in [-0.1, -0.05) is 46.7 Å². The minimum Gasteiger partial charge on any atom is -0.443 e. The van der Waals surface area contributed by atoms with E-state index in [1.807, 2.05) is 7.11 Å². The summed E-state index contributed by atoms with van der Waals surface area (Å²) in [4.78, 5) is 26.2. The number of rotatable bonds is 3. The van der Waals surface area contributed by atoms with E-state index in [1.54, 1.807) is 20.8 Å². The van der Waals surface area contributed by atoms with Gasteiger partial charge in [0, 0.05) is 34.6 Å². The largest absolute Gasteiger partial charge is 0.443 e. The van der Waals surface area contributed by atoms with Crippen LogP contribution in [0.1, 0.15) is 54.4 Å². The average Bonchev–Trinajstić information content (AvgIpc) is 3.15. The smallest absolute Gasteiger partial charge is 0.417 e. The Morgan fingerprint density at radius 2 is 1.34 bits per heavy atom. The number of hydrogen-bond acceptors (Lipinski definition) is 4. The van der Waals surface area contributed by atoms with E-state index >= 15 is 0 Å². The van der Waals surface area contributed by atoms with Gasteiger partial charge in [-0.25, -0.2) is 9.69 Å². The highest BCUT2D eigenvalue weighted by atomic mass is 32.3. The Hall–Kier alpha value is -2.31. The number of hydrogen-bond donors (Lipinski definition) is 0. The quantitative estimate of drug-likeness (QED) is 0.506. The molecule has 0 N–H and O–H groups in total. The number of ether oxygens (including phenoxy) is 1. The molecule has 3 rings (SSSR count). The first-order valence-electron chi connectivity index (χ1n) is 10.9. The molecule has 0 saturated carbocycles. The minimum atomic E-state index is -1.51. The molecular formula is C26H37NO4S. The fourth-order valence-electron chi connectivity index (χ4n) is 3.67. The van der Waals surface area contributed by atoms with E-state index in [1.165, 1.54) is 14.7 Å². The van der Waals surface area contributed by atoms with Gasteiger partial charge < -0.3 is 8.92 Å². The molecule has 1 fully saturated rings. The lowest BCUT2D eigenvalue weighted by Crippen LogP contribution is -2.37. The van der Waals surface area contributed by atoms with Crippen LogP contribution in [0, 0.1) is 0 Å². The molecule has 0 radical (unpaired) electrons. The van der Waals surface area contributed by atoms with Gasteiger partial charge in [-0.2, -0.15) is 0 Å². The van der Waals surface area contributed by atoms with E-state index in [-0.39, 0.29) is 10.7 Å². The average molecular weight is 460 g/mol. The van der Waals surface area contributed by atoms with Gasteiger partial charge >= 0.3 is 6.09 Å². The van der Waals surface area contributed by atoms with Crippen LogP contribution in [0.5, 0.6) is 0 Å². The summed E-state index contributed by atoms with van der Waals surface area (Å²) >= 11 is 0. The van der Waals surface area contributed by atoms with Crippen LogP contribution in [0.4, 0.5) is 4.79 Å². The third-order valence-electron chi connectivity index (χ3n) is 4.95. The van der Waals surface area contributed by atoms with Crippen molar-refractivity contribution in [3.63, 3.8) is 0 Å². The third kappa shape index (κ3) is 6.14. The molecule has 0 spiro atoms. The Bertz CT molecular complexity index is 846. The first kappa shape index (κ1) is 25.9. The van der Waals surface area contributed by atoms with Gasteiger partial charge in [0.1, 0.15) is 5.60 Å². The van der Waals surface area contributed by atoms with Crippen LogP contribution in [0.3, 0.4) is 0 Å². The van der Waals surface area contributed by atoms with E-state index in [4.69, 9.17) is 8.92 Å². The van der Waals surface area contributed by atoms with E-state index < -0.39 is 22.0 Å². The fraction of sp³-hybridized carbons (Fsp3) is 0.462. The Labute approximate surface area is 194 Å². The maximum atomic E-state index is 11.4. The first-order valence-corrected chi connectivity index (χ1v) is 12.5. The summed E-state index contributed by atoms with van der Waals surface area (Å²) in [6.07, 6.45) is 0.687. The number of imide groups is 1. The maximum Gasteiger partial charge on any atom is 0.417 e. The van der Waals surface area contributed by atoms with Gasteiger partial charge in [0.2, 0.25) is 5.91 Å². The van der Waals surface area contributed by atoms with Crippen molar-refractivity contribution in [2.75, 3.05) is 13.7 Å². The zero-order valence-corrected chi connectivity index (χ0v) is 21.2. The zero-order chi connectivity index (χ0) is 24.0. The lowest BCUT2D eigenvalue weighted by Gasteiger charge is -2.49. The molecule has 0 bridgehead atoms. The monoisotopic (exact) mass is 459 g/mol. The Morgan fingerprint density at radius 1 is 0.875 bits per heavy atom. The predicted molar refractivity (Wildman–Crippen MR) is 131 cm³/mol. The first-order chi connectivity index (χ1) is 14.9. The fourth-order valence-corrected chi connectivity index (χ4v) is 7.32. The molecule has 5 nitrogen and oxygen atoms in total. The van der Waals surface area contributed by atoms with E-state index in [0.29, 0.717) is 13.0 Å². The Kier molecular flexibility index (Phi) is 8.54. The molecule has 2 aromatic carbocycles. The van der Waals surface area contributed by atoms with E-state index in [0.717, 1.165) is 6.42 Å². The topological polar surface area (TPSA) is 55.8 Å². The number of likely N-dealkylation sites (tertiary alicyclic amines) is 1. The Balaban J connectivity index is 0.000000244. The predicted octanol–water partition coefficient (Wildman–Crippen LogP) is 6.81. The molecule has 2 amide bonds. The van der Waals surface area contributed by atoms with Gasteiger partial charge in [0.25, 0.3) is 0 Å². The van der Waals surface area contributed by atoms with Crippen LogP contribution in [0.2, 0.25) is 0 Å². The molecule has 0 aliphatic carbocycles. The van der Waals surface area contributed by atoms with Crippen LogP contribution in [-0.4, -0.2) is 40.9 Å². The number of carbonyl (C=O) groups is 2. The Morgan fingerprint density at radius 3 is 1.66 bits per heavy atom. The molecule has 176 valence electrons. The third-order valence-corrected chi connectivity index (χ3v) is 9.05. The van der Waals surface area contributed by atoms with Crippen molar-refractivity contribution in [3.05, 3.63) is 60.7 Å². The second kappa shape index (κ2) is 10.5. The van der Waals surface area contributed by atoms with Crippen molar-refractivity contribution < 1.29 is 18.5 Å². The van der Waals surface area contributed by atoms with E-state index in [2.05, 4.69) is 81.4 Å². The molecule has 0 unspecified atom stereocenters. The van der Waals surface area contributed by atoms with Gasteiger partial charge in [-0.3, -0.25) is 4.79 Å². The number of benzene rings is 2. The van der Waals surface area contributed by atoms with Gasteiger partial charge in [-0.15, -0.1) is 0 Å². The summed E-state index contributed by atoms with van der Waals surface area (Å²) < 4.78 is 11.2. The molecular weight excluding hydrogens is 422 g/mol. The summed E-state index contributed by atoms with van der Waals surface area (Å²) in [7, 11) is 0.326. The lowest BCUT2D eigenvalue weighted by molar-refractivity contribution is -0.126. The molecule has 1 saturated heterocycles. The summed E-state index contributed by atoms with van der Waals surface area (Å²) in [5.41, 5.74) is -0.528. The standard InChI is InChI=1S/C17H22OS.C9H15NO3/c1-17(2,3)19(18-4,15-11-7-5-8-12-15)16-13-9-6-10-14-16;1-9(2,3)13-8(12)10-6-4-5-7(10)11/h5-14H,1-4H3;4-6H2,1-3H3. The van der Waals surface area contributed by atoms with Crippen molar-refractivity contribution in [2.24, 2.45) is 0 Å². The summed E-state index contributed by atoms with van der Waals surface area (Å²) in [5, 5.41) is 0. The summed E-state index contributed by atoms with van der Waals surface area (Å²) in [5.74, 6) is -0.130. The highest BCUT2D eigenvalue weighted by molar-refractivity contribution is 8.31.